The molecule has 1 aromatic rings. The fraction of sp³-hybridized carbons (Fsp3) is 0.722. The van der Waals surface area contributed by atoms with E-state index in [-0.39, 0.29) is 0 Å². The van der Waals surface area contributed by atoms with Gasteiger partial charge in [0.25, 0.3) is 0 Å². The van der Waals surface area contributed by atoms with Gasteiger partial charge in [0.05, 0.1) is 0 Å². The molecule has 4 aliphatic carbocycles. The largest absolute Gasteiger partial charge is 0.265 e. The predicted molar refractivity (Wildman–Crippen MR) is 85.9 cm³/mol. The lowest BCUT2D eigenvalue weighted by molar-refractivity contribution is -0.101. The van der Waals surface area contributed by atoms with Crippen molar-refractivity contribution < 1.29 is 0 Å². The Balaban J connectivity index is 1.58. The van der Waals surface area contributed by atoms with Gasteiger partial charge in [-0.25, -0.2) is 0 Å². The fourth-order valence-corrected chi connectivity index (χ4v) is 7.02. The molecule has 0 aliphatic heterocycles. The summed E-state index contributed by atoms with van der Waals surface area (Å²) in [6.07, 6.45) is 13.9. The van der Waals surface area contributed by atoms with E-state index in [1.54, 1.807) is 0 Å². The topological polar surface area (TPSA) is 12.9 Å². The van der Waals surface area contributed by atoms with Crippen LogP contribution in [0.5, 0.6) is 0 Å². The van der Waals surface area contributed by atoms with E-state index < -0.39 is 0 Å². The van der Waals surface area contributed by atoms with E-state index in [1.165, 1.54) is 44.1 Å². The summed E-state index contributed by atoms with van der Waals surface area (Å²) in [7, 11) is 0. The van der Waals surface area contributed by atoms with Gasteiger partial charge in [-0.1, -0.05) is 22.9 Å². The number of aromatic nitrogens is 1. The second kappa shape index (κ2) is 4.56. The molecule has 0 saturated heterocycles. The third kappa shape index (κ3) is 2.15. The van der Waals surface area contributed by atoms with E-state index in [9.17, 15) is 0 Å². The van der Waals surface area contributed by atoms with E-state index in [1.807, 2.05) is 12.4 Å². The number of pyridine rings is 1. The molecule has 3 unspecified atom stereocenters. The maximum absolute atomic E-state index is 4.14. The van der Waals surface area contributed by atoms with Crippen LogP contribution >= 0.6 is 15.9 Å². The minimum Gasteiger partial charge on any atom is -0.265 e. The van der Waals surface area contributed by atoms with Crippen molar-refractivity contribution >= 4 is 15.9 Å². The first kappa shape index (κ1) is 13.3. The molecule has 20 heavy (non-hydrogen) atoms. The highest BCUT2D eigenvalue weighted by Crippen LogP contribution is 2.67. The third-order valence-electron chi connectivity index (χ3n) is 6.23. The Labute approximate surface area is 130 Å². The summed E-state index contributed by atoms with van der Waals surface area (Å²) in [6, 6.07) is 4.35. The molecule has 4 aliphatic rings. The number of hydrogen-bond donors (Lipinski definition) is 0. The Morgan fingerprint density at radius 2 is 1.85 bits per heavy atom. The van der Waals surface area contributed by atoms with E-state index in [0.717, 1.165) is 18.3 Å². The molecule has 0 N–H and O–H groups in total. The molecule has 5 rings (SSSR count). The maximum atomic E-state index is 4.14. The quantitative estimate of drug-likeness (QED) is 0.709. The standard InChI is InChI=1S/C18H24BrN/c1-17-8-14-6-15(9-17)11-18(10-14,12-17)16(19)7-13-2-4-20-5-3-13/h2-5,14-16H,6-12H2,1H3. The second-order valence-corrected chi connectivity index (χ2v) is 9.27. The monoisotopic (exact) mass is 333 g/mol. The number of rotatable bonds is 3. The van der Waals surface area contributed by atoms with Crippen LogP contribution in [-0.2, 0) is 6.42 Å². The first-order chi connectivity index (χ1) is 9.57. The van der Waals surface area contributed by atoms with E-state index in [4.69, 9.17) is 0 Å². The Hall–Kier alpha value is -0.370. The van der Waals surface area contributed by atoms with Crippen molar-refractivity contribution in [1.29, 1.82) is 0 Å². The first-order valence-corrected chi connectivity index (χ1v) is 9.02. The summed E-state index contributed by atoms with van der Waals surface area (Å²) in [5.74, 6) is 2.03. The molecule has 2 heteroatoms. The summed E-state index contributed by atoms with van der Waals surface area (Å²) in [4.78, 5) is 4.78. The smallest absolute Gasteiger partial charge is 0.0270 e. The van der Waals surface area contributed by atoms with Crippen molar-refractivity contribution in [2.24, 2.45) is 22.7 Å². The normalized spacial score (nSPS) is 43.7. The van der Waals surface area contributed by atoms with Crippen molar-refractivity contribution in [3.63, 3.8) is 0 Å². The SMILES string of the molecule is CC12CC3CC(C1)CC(C(Br)Cc1ccncc1)(C3)C2. The van der Waals surface area contributed by atoms with Crippen LogP contribution in [0.3, 0.4) is 0 Å². The predicted octanol–water partition coefficient (Wildman–Crippen LogP) is 4.99. The van der Waals surface area contributed by atoms with Crippen LogP contribution < -0.4 is 0 Å². The van der Waals surface area contributed by atoms with Crippen LogP contribution in [0, 0.1) is 22.7 Å². The van der Waals surface area contributed by atoms with Gasteiger partial charge in [0.15, 0.2) is 0 Å². The lowest BCUT2D eigenvalue weighted by Crippen LogP contribution is -2.54. The molecular formula is C18H24BrN. The van der Waals surface area contributed by atoms with Gasteiger partial charge >= 0.3 is 0 Å². The number of alkyl halides is 1. The van der Waals surface area contributed by atoms with Gasteiger partial charge in [-0.05, 0) is 85.3 Å². The van der Waals surface area contributed by atoms with E-state index in [0.29, 0.717) is 15.7 Å². The van der Waals surface area contributed by atoms with Gasteiger partial charge in [-0.2, -0.15) is 0 Å². The molecule has 0 radical (unpaired) electrons. The van der Waals surface area contributed by atoms with Crippen molar-refractivity contribution in [3.05, 3.63) is 30.1 Å². The molecule has 108 valence electrons. The molecule has 1 heterocycles. The number of halogens is 1. The Kier molecular flexibility index (Phi) is 3.03. The summed E-state index contributed by atoms with van der Waals surface area (Å²) < 4.78 is 0. The highest BCUT2D eigenvalue weighted by atomic mass is 79.9. The Morgan fingerprint density at radius 1 is 1.20 bits per heavy atom. The van der Waals surface area contributed by atoms with Crippen molar-refractivity contribution in [2.45, 2.75) is 56.7 Å². The van der Waals surface area contributed by atoms with E-state index in [2.05, 4.69) is 40.0 Å². The lowest BCUT2D eigenvalue weighted by Gasteiger charge is -2.63. The minimum absolute atomic E-state index is 0.572. The van der Waals surface area contributed by atoms with Crippen LogP contribution in [0.15, 0.2) is 24.5 Å². The zero-order valence-electron chi connectivity index (χ0n) is 12.3. The van der Waals surface area contributed by atoms with Crippen molar-refractivity contribution in [3.8, 4) is 0 Å². The molecule has 1 aromatic heterocycles. The second-order valence-electron chi connectivity index (χ2n) is 8.16. The highest BCUT2D eigenvalue weighted by Gasteiger charge is 2.57. The van der Waals surface area contributed by atoms with Crippen LogP contribution in [-0.4, -0.2) is 9.81 Å². The summed E-state index contributed by atoms with van der Waals surface area (Å²) in [5.41, 5.74) is 2.65. The van der Waals surface area contributed by atoms with Gasteiger partial charge in [0.1, 0.15) is 0 Å². The molecule has 4 saturated carbocycles. The fourth-order valence-electron chi connectivity index (χ4n) is 6.11. The minimum atomic E-state index is 0.572. The van der Waals surface area contributed by atoms with Crippen molar-refractivity contribution in [2.75, 3.05) is 0 Å². The number of nitrogens with zero attached hydrogens (tertiary/aromatic N) is 1. The summed E-state index contributed by atoms with van der Waals surface area (Å²) in [5, 5.41) is 0. The van der Waals surface area contributed by atoms with Crippen LogP contribution in [0.4, 0.5) is 0 Å². The average Bonchev–Trinajstić information content (AvgIpc) is 2.37. The molecule has 0 aromatic carbocycles. The zero-order valence-corrected chi connectivity index (χ0v) is 13.9. The summed E-state index contributed by atoms with van der Waals surface area (Å²) in [6.45, 7) is 2.56. The van der Waals surface area contributed by atoms with Crippen LogP contribution in [0.2, 0.25) is 0 Å². The van der Waals surface area contributed by atoms with Crippen LogP contribution in [0.1, 0.15) is 51.0 Å². The molecule has 3 atom stereocenters. The number of hydrogen-bond acceptors (Lipinski definition) is 1. The van der Waals surface area contributed by atoms with Gasteiger partial charge in [0.2, 0.25) is 0 Å². The Morgan fingerprint density at radius 3 is 2.45 bits per heavy atom. The highest BCUT2D eigenvalue weighted by molar-refractivity contribution is 9.09. The molecule has 0 amide bonds. The molecule has 1 nitrogen and oxygen atoms in total. The first-order valence-electron chi connectivity index (χ1n) is 8.10. The van der Waals surface area contributed by atoms with Gasteiger partial charge in [-0.15, -0.1) is 0 Å². The van der Waals surface area contributed by atoms with Crippen molar-refractivity contribution in [1.82, 2.24) is 4.98 Å². The van der Waals surface area contributed by atoms with Gasteiger partial charge < -0.3 is 0 Å². The van der Waals surface area contributed by atoms with E-state index >= 15 is 0 Å². The molecular weight excluding hydrogens is 310 g/mol. The van der Waals surface area contributed by atoms with Gasteiger partial charge in [0, 0.05) is 17.2 Å². The van der Waals surface area contributed by atoms with Crippen LogP contribution in [0.25, 0.3) is 0 Å². The molecule has 0 spiro atoms. The third-order valence-corrected chi connectivity index (χ3v) is 7.52. The van der Waals surface area contributed by atoms with Gasteiger partial charge in [-0.3, -0.25) is 4.98 Å². The molecule has 4 bridgehead atoms. The molecule has 4 fully saturated rings. The Bertz CT molecular complexity index is 483. The zero-order chi connectivity index (χ0) is 13.8. The lowest BCUT2D eigenvalue weighted by atomic mass is 9.44. The summed E-state index contributed by atoms with van der Waals surface area (Å²) >= 11 is 4.11. The maximum Gasteiger partial charge on any atom is 0.0270 e. The average molecular weight is 334 g/mol.